The fourth-order valence-electron chi connectivity index (χ4n) is 2.49. The molecule has 1 atom stereocenters. The smallest absolute Gasteiger partial charge is 0.319 e. The molecule has 5 nitrogen and oxygen atoms in total. The summed E-state index contributed by atoms with van der Waals surface area (Å²) in [4.78, 5) is 11.9. The minimum absolute atomic E-state index is 0.138. The number of carbonyl (C=O) groups excluding carboxylic acids is 1. The van der Waals surface area contributed by atoms with Crippen LogP contribution in [0, 0.1) is 5.92 Å². The van der Waals surface area contributed by atoms with Gasteiger partial charge in [-0.25, -0.2) is 13.2 Å². The van der Waals surface area contributed by atoms with E-state index in [1.54, 1.807) is 12.1 Å². The summed E-state index contributed by atoms with van der Waals surface area (Å²) in [6.45, 7) is 2.04. The second-order valence-corrected chi connectivity index (χ2v) is 8.41. The van der Waals surface area contributed by atoms with Crippen molar-refractivity contribution in [3.8, 4) is 0 Å². The molecule has 0 unspecified atom stereocenters. The lowest BCUT2D eigenvalue weighted by Crippen LogP contribution is -2.42. The van der Waals surface area contributed by atoms with Crippen LogP contribution in [0.1, 0.15) is 31.7 Å². The number of carbonyl (C=O) groups is 1. The summed E-state index contributed by atoms with van der Waals surface area (Å²) < 4.78 is 22.3. The molecule has 0 bridgehead atoms. The maximum absolute atomic E-state index is 11.9. The van der Waals surface area contributed by atoms with Gasteiger partial charge in [0.1, 0.15) is 9.84 Å². The molecule has 2 N–H and O–H groups in total. The minimum Gasteiger partial charge on any atom is -0.335 e. The van der Waals surface area contributed by atoms with Crippen LogP contribution < -0.4 is 10.6 Å². The van der Waals surface area contributed by atoms with E-state index in [1.807, 2.05) is 19.1 Å². The van der Waals surface area contributed by atoms with Crippen LogP contribution in [0.2, 0.25) is 0 Å². The van der Waals surface area contributed by atoms with E-state index in [9.17, 15) is 13.2 Å². The van der Waals surface area contributed by atoms with Gasteiger partial charge in [-0.05, 0) is 49.8 Å². The van der Waals surface area contributed by atoms with E-state index < -0.39 is 9.84 Å². The lowest BCUT2D eigenvalue weighted by Gasteiger charge is -2.31. The first-order valence-corrected chi connectivity index (χ1v) is 9.74. The fraction of sp³-hybridized carbons (Fsp3) is 0.562. The number of urea groups is 1. The average molecular weight is 324 g/mol. The van der Waals surface area contributed by atoms with Crippen LogP contribution in [-0.2, 0) is 16.3 Å². The lowest BCUT2D eigenvalue weighted by molar-refractivity contribution is 0.222. The number of nitrogens with one attached hydrogen (secondary N) is 2. The second-order valence-electron chi connectivity index (χ2n) is 6.15. The monoisotopic (exact) mass is 324 g/mol. The van der Waals surface area contributed by atoms with Gasteiger partial charge in [0.25, 0.3) is 0 Å². The molecule has 1 aromatic carbocycles. The van der Waals surface area contributed by atoms with E-state index in [4.69, 9.17) is 0 Å². The molecule has 1 saturated carbocycles. The molecule has 2 rings (SSSR count). The first-order valence-electron chi connectivity index (χ1n) is 7.68. The highest BCUT2D eigenvalue weighted by molar-refractivity contribution is 7.90. The molecule has 0 heterocycles. The average Bonchev–Trinajstić information content (AvgIpc) is 2.34. The molecule has 1 aromatic rings. The standard InChI is InChI=1S/C16H24N2O3S/c1-12(14-4-3-5-14)17-16(19)18-15-8-6-13(7-9-15)10-11-22(2,20)21/h6-9,12,14H,3-5,10-11H2,1-2H3,(H2,17,18,19)/t12-/m0/s1. The summed E-state index contributed by atoms with van der Waals surface area (Å²) >= 11 is 0. The SMILES string of the molecule is C[C@H](NC(=O)Nc1ccc(CCS(C)(=O)=O)cc1)C1CCC1. The van der Waals surface area contributed by atoms with Gasteiger partial charge in [0.2, 0.25) is 0 Å². The van der Waals surface area contributed by atoms with Crippen molar-refractivity contribution < 1.29 is 13.2 Å². The van der Waals surface area contributed by atoms with E-state index in [-0.39, 0.29) is 17.8 Å². The van der Waals surface area contributed by atoms with E-state index in [2.05, 4.69) is 10.6 Å². The summed E-state index contributed by atoms with van der Waals surface area (Å²) in [6, 6.07) is 7.29. The number of hydrogen-bond donors (Lipinski definition) is 2. The number of sulfone groups is 1. The Morgan fingerprint density at radius 1 is 1.27 bits per heavy atom. The topological polar surface area (TPSA) is 75.3 Å². The van der Waals surface area contributed by atoms with Crippen molar-refractivity contribution in [3.63, 3.8) is 0 Å². The van der Waals surface area contributed by atoms with Gasteiger partial charge in [-0.2, -0.15) is 0 Å². The molecule has 2 amide bonds. The molecular weight excluding hydrogens is 300 g/mol. The van der Waals surface area contributed by atoms with E-state index in [0.717, 1.165) is 5.56 Å². The first-order chi connectivity index (χ1) is 10.3. The van der Waals surface area contributed by atoms with Gasteiger partial charge in [0, 0.05) is 18.0 Å². The van der Waals surface area contributed by atoms with Crippen molar-refractivity contribution in [2.75, 3.05) is 17.3 Å². The molecule has 6 heteroatoms. The maximum atomic E-state index is 11.9. The zero-order valence-corrected chi connectivity index (χ0v) is 13.9. The van der Waals surface area contributed by atoms with Gasteiger partial charge in [-0.3, -0.25) is 0 Å². The number of benzene rings is 1. The van der Waals surface area contributed by atoms with E-state index in [0.29, 0.717) is 18.0 Å². The highest BCUT2D eigenvalue weighted by atomic mass is 32.2. The van der Waals surface area contributed by atoms with Gasteiger partial charge >= 0.3 is 6.03 Å². The Labute approximate surface area is 132 Å². The predicted octanol–water partition coefficient (Wildman–Crippen LogP) is 2.58. The summed E-state index contributed by atoms with van der Waals surface area (Å²) in [6.07, 6.45) is 5.36. The van der Waals surface area contributed by atoms with Crippen molar-refractivity contribution >= 4 is 21.6 Å². The minimum atomic E-state index is -2.95. The zero-order valence-electron chi connectivity index (χ0n) is 13.1. The summed E-state index contributed by atoms with van der Waals surface area (Å²) in [5.41, 5.74) is 1.65. The number of aryl methyl sites for hydroxylation is 1. The van der Waals surface area contributed by atoms with Gasteiger partial charge in [0.15, 0.2) is 0 Å². The summed E-state index contributed by atoms with van der Waals surface area (Å²) in [5, 5.41) is 5.77. The van der Waals surface area contributed by atoms with E-state index in [1.165, 1.54) is 25.5 Å². The Morgan fingerprint density at radius 2 is 1.91 bits per heavy atom. The van der Waals surface area contributed by atoms with Crippen LogP contribution in [0.4, 0.5) is 10.5 Å². The molecule has 0 aliphatic heterocycles. The van der Waals surface area contributed by atoms with Crippen LogP contribution in [0.15, 0.2) is 24.3 Å². The normalized spacial score (nSPS) is 16.6. The number of hydrogen-bond acceptors (Lipinski definition) is 3. The highest BCUT2D eigenvalue weighted by Gasteiger charge is 2.24. The number of rotatable bonds is 6. The van der Waals surface area contributed by atoms with Crippen LogP contribution in [0.5, 0.6) is 0 Å². The molecule has 0 aromatic heterocycles. The largest absolute Gasteiger partial charge is 0.335 e. The van der Waals surface area contributed by atoms with Gasteiger partial charge in [0.05, 0.1) is 5.75 Å². The summed E-state index contributed by atoms with van der Waals surface area (Å²) in [5.74, 6) is 0.739. The van der Waals surface area contributed by atoms with Crippen LogP contribution in [-0.4, -0.2) is 32.5 Å². The van der Waals surface area contributed by atoms with Crippen molar-refractivity contribution in [2.45, 2.75) is 38.6 Å². The molecule has 1 fully saturated rings. The molecule has 0 radical (unpaired) electrons. The molecule has 1 aliphatic rings. The van der Waals surface area contributed by atoms with Gasteiger partial charge in [-0.15, -0.1) is 0 Å². The Morgan fingerprint density at radius 3 is 2.41 bits per heavy atom. The van der Waals surface area contributed by atoms with Crippen LogP contribution in [0.25, 0.3) is 0 Å². The van der Waals surface area contributed by atoms with E-state index >= 15 is 0 Å². The Kier molecular flexibility index (Phi) is 5.45. The predicted molar refractivity (Wildman–Crippen MR) is 88.8 cm³/mol. The van der Waals surface area contributed by atoms with Crippen molar-refractivity contribution in [3.05, 3.63) is 29.8 Å². The highest BCUT2D eigenvalue weighted by Crippen LogP contribution is 2.29. The van der Waals surface area contributed by atoms with Crippen molar-refractivity contribution in [1.29, 1.82) is 0 Å². The molecule has 0 spiro atoms. The fourth-order valence-corrected chi connectivity index (χ4v) is 3.10. The second kappa shape index (κ2) is 7.13. The van der Waals surface area contributed by atoms with Crippen LogP contribution >= 0.6 is 0 Å². The lowest BCUT2D eigenvalue weighted by atomic mass is 9.80. The molecule has 22 heavy (non-hydrogen) atoms. The molecule has 0 saturated heterocycles. The number of amides is 2. The summed E-state index contributed by atoms with van der Waals surface area (Å²) in [7, 11) is -2.95. The number of anilines is 1. The maximum Gasteiger partial charge on any atom is 0.319 e. The first kappa shape index (κ1) is 16.8. The third kappa shape index (κ3) is 5.33. The Balaban J connectivity index is 1.81. The van der Waals surface area contributed by atoms with Crippen LogP contribution in [0.3, 0.4) is 0 Å². The Bertz CT molecular complexity index is 607. The van der Waals surface area contributed by atoms with Gasteiger partial charge in [-0.1, -0.05) is 18.6 Å². The molecular formula is C16H24N2O3S. The van der Waals surface area contributed by atoms with Crippen molar-refractivity contribution in [1.82, 2.24) is 5.32 Å². The Hall–Kier alpha value is -1.56. The third-order valence-electron chi connectivity index (χ3n) is 4.19. The quantitative estimate of drug-likeness (QED) is 0.844. The third-order valence-corrected chi connectivity index (χ3v) is 5.13. The van der Waals surface area contributed by atoms with Gasteiger partial charge < -0.3 is 10.6 Å². The zero-order chi connectivity index (χ0) is 16.2. The van der Waals surface area contributed by atoms with Crippen molar-refractivity contribution in [2.24, 2.45) is 5.92 Å². The molecule has 1 aliphatic carbocycles. The molecule has 122 valence electrons.